The van der Waals surface area contributed by atoms with Crippen molar-refractivity contribution in [3.05, 3.63) is 51.8 Å². The van der Waals surface area contributed by atoms with Gasteiger partial charge in [0.2, 0.25) is 9.84 Å². The van der Waals surface area contributed by atoms with Gasteiger partial charge in [0.25, 0.3) is 0 Å². The molecule has 0 N–H and O–H groups in total. The fourth-order valence-corrected chi connectivity index (χ4v) is 2.93. The molecule has 5 heteroatoms. The van der Waals surface area contributed by atoms with E-state index in [1.165, 1.54) is 6.08 Å². The van der Waals surface area contributed by atoms with Gasteiger partial charge >= 0.3 is 5.97 Å². The fraction of sp³-hybridized carbons (Fsp3) is 0.154. The third kappa shape index (κ3) is 2.22. The number of hydrogen-bond donors (Lipinski definition) is 0. The Hall–Kier alpha value is -1.88. The molecule has 94 valence electrons. The van der Waals surface area contributed by atoms with E-state index < -0.39 is 15.8 Å². The number of ether oxygens (including phenoxy) is 1. The largest absolute Gasteiger partial charge is 0.465 e. The number of hydrogen-bond acceptors (Lipinski definition) is 4. The summed E-state index contributed by atoms with van der Waals surface area (Å²) in [5.41, 5.74) is 2.33. The van der Waals surface area contributed by atoms with Crippen LogP contribution in [0.2, 0.25) is 0 Å². The SMILES string of the molecule is COC(=O)C1=CC(c2ccc(C)cc2)=CS1(=O)=O. The molecule has 0 saturated carbocycles. The molecule has 2 rings (SSSR count). The summed E-state index contributed by atoms with van der Waals surface area (Å²) in [5, 5.41) is 1.09. The second-order valence-corrected chi connectivity index (χ2v) is 5.75. The van der Waals surface area contributed by atoms with Crippen LogP contribution < -0.4 is 0 Å². The molecule has 0 aliphatic carbocycles. The Kier molecular flexibility index (Phi) is 3.09. The van der Waals surface area contributed by atoms with Crippen molar-refractivity contribution in [2.45, 2.75) is 6.92 Å². The first-order valence-corrected chi connectivity index (χ1v) is 6.82. The highest BCUT2D eigenvalue weighted by molar-refractivity contribution is 7.99. The van der Waals surface area contributed by atoms with E-state index in [1.54, 1.807) is 0 Å². The van der Waals surface area contributed by atoms with Crippen molar-refractivity contribution in [1.82, 2.24) is 0 Å². The highest BCUT2D eigenvalue weighted by Crippen LogP contribution is 2.29. The van der Waals surface area contributed by atoms with Gasteiger partial charge in [-0.1, -0.05) is 29.8 Å². The number of methoxy groups -OCH3 is 1. The van der Waals surface area contributed by atoms with E-state index in [-0.39, 0.29) is 4.91 Å². The van der Waals surface area contributed by atoms with Gasteiger partial charge in [0.1, 0.15) is 0 Å². The van der Waals surface area contributed by atoms with Crippen LogP contribution in [0.1, 0.15) is 11.1 Å². The van der Waals surface area contributed by atoms with Gasteiger partial charge in [-0.15, -0.1) is 0 Å². The Morgan fingerprint density at radius 2 is 1.78 bits per heavy atom. The van der Waals surface area contributed by atoms with Crippen molar-refractivity contribution in [3.63, 3.8) is 0 Å². The summed E-state index contributed by atoms with van der Waals surface area (Å²) in [4.78, 5) is 11.0. The van der Waals surface area contributed by atoms with Gasteiger partial charge in [-0.3, -0.25) is 0 Å². The number of sulfone groups is 1. The molecule has 1 aliphatic rings. The molecule has 0 amide bonds. The molecule has 1 aromatic rings. The summed E-state index contributed by atoms with van der Waals surface area (Å²) in [6.07, 6.45) is 1.34. The van der Waals surface area contributed by atoms with E-state index in [0.29, 0.717) is 5.57 Å². The lowest BCUT2D eigenvalue weighted by Gasteiger charge is -1.99. The smallest absolute Gasteiger partial charge is 0.349 e. The zero-order valence-corrected chi connectivity index (χ0v) is 10.8. The van der Waals surface area contributed by atoms with Gasteiger partial charge in [0.15, 0.2) is 4.91 Å². The summed E-state index contributed by atoms with van der Waals surface area (Å²) < 4.78 is 28.0. The van der Waals surface area contributed by atoms with Crippen molar-refractivity contribution in [2.24, 2.45) is 0 Å². The van der Waals surface area contributed by atoms with Gasteiger partial charge in [-0.25, -0.2) is 13.2 Å². The minimum absolute atomic E-state index is 0.319. The predicted octanol–water partition coefficient (Wildman–Crippen LogP) is 1.82. The van der Waals surface area contributed by atoms with Crippen molar-refractivity contribution in [1.29, 1.82) is 0 Å². The third-order valence-electron chi connectivity index (χ3n) is 2.65. The molecule has 0 atom stereocenters. The van der Waals surface area contributed by atoms with E-state index in [4.69, 9.17) is 0 Å². The van der Waals surface area contributed by atoms with Crippen molar-refractivity contribution < 1.29 is 17.9 Å². The molecular weight excluding hydrogens is 252 g/mol. The Morgan fingerprint density at radius 3 is 2.33 bits per heavy atom. The van der Waals surface area contributed by atoms with Gasteiger partial charge in [0.05, 0.1) is 7.11 Å². The second kappa shape index (κ2) is 4.42. The monoisotopic (exact) mass is 264 g/mol. The number of esters is 1. The second-order valence-electron chi connectivity index (χ2n) is 3.98. The summed E-state index contributed by atoms with van der Waals surface area (Å²) in [6.45, 7) is 1.94. The Labute approximate surface area is 106 Å². The first kappa shape index (κ1) is 12.6. The fourth-order valence-electron chi connectivity index (χ4n) is 1.66. The summed E-state index contributed by atoms with van der Waals surface area (Å²) in [6, 6.07) is 7.39. The van der Waals surface area contributed by atoms with Crippen LogP contribution in [0.4, 0.5) is 0 Å². The molecule has 1 aromatic carbocycles. The normalized spacial score (nSPS) is 17.0. The minimum atomic E-state index is -3.68. The highest BCUT2D eigenvalue weighted by atomic mass is 32.2. The molecule has 1 heterocycles. The topological polar surface area (TPSA) is 60.4 Å². The lowest BCUT2D eigenvalue weighted by atomic mass is 10.1. The molecule has 0 spiro atoms. The predicted molar refractivity (Wildman–Crippen MR) is 68.2 cm³/mol. The van der Waals surface area contributed by atoms with E-state index in [9.17, 15) is 13.2 Å². The Morgan fingerprint density at radius 1 is 1.17 bits per heavy atom. The van der Waals surface area contributed by atoms with E-state index in [1.807, 2.05) is 31.2 Å². The zero-order chi connectivity index (χ0) is 13.3. The average molecular weight is 264 g/mol. The van der Waals surface area contributed by atoms with E-state index in [0.717, 1.165) is 23.6 Å². The molecule has 0 unspecified atom stereocenters. The number of rotatable bonds is 2. The van der Waals surface area contributed by atoms with Crippen LogP contribution >= 0.6 is 0 Å². The minimum Gasteiger partial charge on any atom is -0.465 e. The van der Waals surface area contributed by atoms with Gasteiger partial charge in [-0.2, -0.15) is 0 Å². The van der Waals surface area contributed by atoms with Crippen LogP contribution in [0.5, 0.6) is 0 Å². The molecule has 0 fully saturated rings. The van der Waals surface area contributed by atoms with E-state index >= 15 is 0 Å². The third-order valence-corrected chi connectivity index (χ3v) is 4.11. The zero-order valence-electron chi connectivity index (χ0n) is 10.0. The first-order valence-electron chi connectivity index (χ1n) is 5.28. The lowest BCUT2D eigenvalue weighted by molar-refractivity contribution is -0.135. The van der Waals surface area contributed by atoms with Gasteiger partial charge in [-0.05, 0) is 24.1 Å². The molecule has 0 saturated heterocycles. The van der Waals surface area contributed by atoms with Crippen LogP contribution in [0.25, 0.3) is 5.57 Å². The van der Waals surface area contributed by atoms with Crippen LogP contribution in [-0.2, 0) is 19.4 Å². The highest BCUT2D eigenvalue weighted by Gasteiger charge is 2.29. The van der Waals surface area contributed by atoms with E-state index in [2.05, 4.69) is 4.74 Å². The molecule has 18 heavy (non-hydrogen) atoms. The first-order chi connectivity index (χ1) is 8.44. The van der Waals surface area contributed by atoms with Gasteiger partial charge in [0, 0.05) is 5.41 Å². The quantitative estimate of drug-likeness (QED) is 0.764. The van der Waals surface area contributed by atoms with Crippen molar-refractivity contribution in [3.8, 4) is 0 Å². The number of carbonyl (C=O) groups is 1. The summed E-state index contributed by atoms with van der Waals surface area (Å²) in [7, 11) is -2.53. The number of benzene rings is 1. The molecule has 1 aliphatic heterocycles. The van der Waals surface area contributed by atoms with Gasteiger partial charge < -0.3 is 4.74 Å². The van der Waals surface area contributed by atoms with Crippen molar-refractivity contribution >= 4 is 21.4 Å². The average Bonchev–Trinajstić information content (AvgIpc) is 2.65. The summed E-state index contributed by atoms with van der Waals surface area (Å²) in [5.74, 6) is -0.839. The molecule has 0 bridgehead atoms. The number of allylic oxidation sites excluding steroid dienone is 2. The maximum Gasteiger partial charge on any atom is 0.349 e. The standard InChI is InChI=1S/C13H12O4S/c1-9-3-5-10(6-4-9)11-7-12(13(14)17-2)18(15,16)8-11/h3-8H,1-2H3. The molecule has 0 radical (unpaired) electrons. The summed E-state index contributed by atoms with van der Waals surface area (Å²) >= 11 is 0. The Balaban J connectivity index is 2.46. The maximum atomic E-state index is 11.8. The van der Waals surface area contributed by atoms with Crippen LogP contribution in [0.3, 0.4) is 0 Å². The van der Waals surface area contributed by atoms with Crippen LogP contribution in [-0.4, -0.2) is 21.5 Å². The molecule has 4 nitrogen and oxygen atoms in total. The molecular formula is C13H12O4S. The van der Waals surface area contributed by atoms with Crippen LogP contribution in [0.15, 0.2) is 40.7 Å². The number of aryl methyl sites for hydroxylation is 1. The van der Waals surface area contributed by atoms with Crippen molar-refractivity contribution in [2.75, 3.05) is 7.11 Å². The number of carbonyl (C=O) groups excluding carboxylic acids is 1. The van der Waals surface area contributed by atoms with Crippen LogP contribution in [0, 0.1) is 6.92 Å². The lowest BCUT2D eigenvalue weighted by Crippen LogP contribution is -2.10. The Bertz CT molecular complexity index is 649. The molecule has 0 aromatic heterocycles. The maximum absolute atomic E-state index is 11.8.